The molecule has 0 saturated heterocycles. The molecule has 1 rings (SSSR count). The first-order valence-corrected chi connectivity index (χ1v) is 2.99. The standard InChI is InChI=1S/C6H8N4O/c7-5-1-2-6(8-3-5)10-9-4-11/h1-4H,7H2,(H,8,10)(H,9,11). The van der Waals surface area contributed by atoms with Crippen molar-refractivity contribution in [3.63, 3.8) is 0 Å². The third-order valence-corrected chi connectivity index (χ3v) is 1.05. The minimum atomic E-state index is 0.526. The van der Waals surface area contributed by atoms with E-state index in [-0.39, 0.29) is 0 Å². The number of pyridine rings is 1. The van der Waals surface area contributed by atoms with Crippen LogP contribution in [0.1, 0.15) is 0 Å². The Hall–Kier alpha value is -1.78. The van der Waals surface area contributed by atoms with E-state index in [4.69, 9.17) is 5.73 Å². The molecule has 4 N–H and O–H groups in total. The lowest BCUT2D eigenvalue weighted by Gasteiger charge is -2.01. The summed E-state index contributed by atoms with van der Waals surface area (Å²) in [7, 11) is 0. The average molecular weight is 152 g/mol. The largest absolute Gasteiger partial charge is 0.397 e. The van der Waals surface area contributed by atoms with Gasteiger partial charge in [-0.25, -0.2) is 4.98 Å². The Bertz CT molecular complexity index is 233. The highest BCUT2D eigenvalue weighted by molar-refractivity contribution is 5.51. The number of anilines is 2. The molecule has 0 aliphatic heterocycles. The number of hydrogen-bond acceptors (Lipinski definition) is 4. The van der Waals surface area contributed by atoms with Gasteiger partial charge in [-0.05, 0) is 12.1 Å². The zero-order chi connectivity index (χ0) is 8.10. The summed E-state index contributed by atoms with van der Waals surface area (Å²) in [4.78, 5) is 13.7. The van der Waals surface area contributed by atoms with Gasteiger partial charge in [0.05, 0.1) is 11.9 Å². The van der Waals surface area contributed by atoms with Gasteiger partial charge >= 0.3 is 0 Å². The fourth-order valence-electron chi connectivity index (χ4n) is 0.583. The van der Waals surface area contributed by atoms with E-state index >= 15 is 0 Å². The first-order valence-electron chi connectivity index (χ1n) is 2.99. The van der Waals surface area contributed by atoms with Crippen LogP contribution in [0.2, 0.25) is 0 Å². The quantitative estimate of drug-likeness (QED) is 0.411. The Morgan fingerprint density at radius 2 is 2.36 bits per heavy atom. The van der Waals surface area contributed by atoms with E-state index in [1.807, 2.05) is 0 Å². The Balaban J connectivity index is 2.58. The second-order valence-corrected chi connectivity index (χ2v) is 1.86. The molecule has 0 bridgehead atoms. The highest BCUT2D eigenvalue weighted by atomic mass is 16.1. The Kier molecular flexibility index (Phi) is 2.27. The molecular weight excluding hydrogens is 144 g/mol. The molecule has 5 nitrogen and oxygen atoms in total. The number of nitrogen functional groups attached to an aromatic ring is 1. The number of nitrogens with one attached hydrogen (secondary N) is 2. The Morgan fingerprint density at radius 1 is 1.55 bits per heavy atom. The summed E-state index contributed by atoms with van der Waals surface area (Å²) in [5.41, 5.74) is 10.7. The van der Waals surface area contributed by atoms with Gasteiger partial charge in [-0.15, -0.1) is 0 Å². The topological polar surface area (TPSA) is 80.0 Å². The molecule has 1 heterocycles. The van der Waals surface area contributed by atoms with Crippen LogP contribution in [0, 0.1) is 0 Å². The number of hydrogen-bond donors (Lipinski definition) is 3. The molecule has 1 aromatic heterocycles. The summed E-state index contributed by atoms with van der Waals surface area (Å²) in [6.45, 7) is 0. The third-order valence-electron chi connectivity index (χ3n) is 1.05. The number of carbonyl (C=O) groups is 1. The summed E-state index contributed by atoms with van der Waals surface area (Å²) in [5, 5.41) is 0. The number of rotatable bonds is 3. The monoisotopic (exact) mass is 152 g/mol. The fraction of sp³-hybridized carbons (Fsp3) is 0. The van der Waals surface area contributed by atoms with Crippen LogP contribution in [0.15, 0.2) is 18.3 Å². The second-order valence-electron chi connectivity index (χ2n) is 1.86. The van der Waals surface area contributed by atoms with Gasteiger partial charge in [0, 0.05) is 0 Å². The van der Waals surface area contributed by atoms with E-state index in [9.17, 15) is 4.79 Å². The van der Waals surface area contributed by atoms with E-state index in [0.29, 0.717) is 17.9 Å². The van der Waals surface area contributed by atoms with Crippen molar-refractivity contribution in [3.05, 3.63) is 18.3 Å². The van der Waals surface area contributed by atoms with E-state index in [1.54, 1.807) is 12.1 Å². The lowest BCUT2D eigenvalue weighted by Crippen LogP contribution is -2.19. The molecule has 0 aliphatic carbocycles. The average Bonchev–Trinajstić information content (AvgIpc) is 2.04. The minimum absolute atomic E-state index is 0.526. The Labute approximate surface area is 63.6 Å². The number of amides is 1. The van der Waals surface area contributed by atoms with Crippen molar-refractivity contribution in [3.8, 4) is 0 Å². The first kappa shape index (κ1) is 7.33. The van der Waals surface area contributed by atoms with Gasteiger partial charge in [0.2, 0.25) is 6.41 Å². The zero-order valence-electron chi connectivity index (χ0n) is 5.74. The number of aromatic nitrogens is 1. The second kappa shape index (κ2) is 3.40. The molecule has 0 radical (unpaired) electrons. The minimum Gasteiger partial charge on any atom is -0.397 e. The molecule has 0 aliphatic rings. The maximum Gasteiger partial charge on any atom is 0.225 e. The lowest BCUT2D eigenvalue weighted by molar-refractivity contribution is -0.109. The van der Waals surface area contributed by atoms with Crippen molar-refractivity contribution in [2.24, 2.45) is 0 Å². The molecule has 0 saturated carbocycles. The summed E-state index contributed by atoms with van der Waals surface area (Å²) >= 11 is 0. The normalized spacial score (nSPS) is 8.73. The lowest BCUT2D eigenvalue weighted by atomic mass is 10.4. The SMILES string of the molecule is Nc1ccc(NNC=O)nc1. The van der Waals surface area contributed by atoms with Gasteiger partial charge in [0.15, 0.2) is 0 Å². The summed E-state index contributed by atoms with van der Waals surface area (Å²) in [6, 6.07) is 3.34. The molecule has 0 spiro atoms. The van der Waals surface area contributed by atoms with Crippen LogP contribution in [-0.2, 0) is 4.79 Å². The van der Waals surface area contributed by atoms with Crippen LogP contribution in [0.4, 0.5) is 11.5 Å². The molecule has 0 atom stereocenters. The van der Waals surface area contributed by atoms with Gasteiger partial charge in [-0.1, -0.05) is 0 Å². The van der Waals surface area contributed by atoms with Crippen molar-refractivity contribution in [2.45, 2.75) is 0 Å². The van der Waals surface area contributed by atoms with Crippen molar-refractivity contribution >= 4 is 17.9 Å². The molecule has 58 valence electrons. The van der Waals surface area contributed by atoms with Crippen LogP contribution < -0.4 is 16.6 Å². The van der Waals surface area contributed by atoms with Crippen molar-refractivity contribution < 1.29 is 4.79 Å². The van der Waals surface area contributed by atoms with Crippen LogP contribution in [0.25, 0.3) is 0 Å². The highest BCUT2D eigenvalue weighted by Crippen LogP contribution is 2.03. The number of nitrogens with two attached hydrogens (primary N) is 1. The fourth-order valence-corrected chi connectivity index (χ4v) is 0.583. The Morgan fingerprint density at radius 3 is 2.91 bits per heavy atom. The van der Waals surface area contributed by atoms with Crippen LogP contribution in [0.3, 0.4) is 0 Å². The van der Waals surface area contributed by atoms with Crippen molar-refractivity contribution in [2.75, 3.05) is 11.2 Å². The van der Waals surface area contributed by atoms with E-state index in [1.165, 1.54) is 6.20 Å². The van der Waals surface area contributed by atoms with Crippen molar-refractivity contribution in [1.82, 2.24) is 10.4 Å². The third kappa shape index (κ3) is 2.13. The van der Waals surface area contributed by atoms with Crippen LogP contribution in [-0.4, -0.2) is 11.4 Å². The van der Waals surface area contributed by atoms with Gasteiger partial charge in [-0.3, -0.25) is 15.6 Å². The van der Waals surface area contributed by atoms with Gasteiger partial charge < -0.3 is 5.73 Å². The zero-order valence-corrected chi connectivity index (χ0v) is 5.74. The molecule has 0 unspecified atom stereocenters. The molecule has 1 amide bonds. The van der Waals surface area contributed by atoms with Gasteiger partial charge in [0.25, 0.3) is 0 Å². The predicted octanol–water partition coefficient (Wildman–Crippen LogP) is -0.263. The van der Waals surface area contributed by atoms with E-state index in [2.05, 4.69) is 15.8 Å². The van der Waals surface area contributed by atoms with E-state index < -0.39 is 0 Å². The van der Waals surface area contributed by atoms with Gasteiger partial charge in [-0.2, -0.15) is 0 Å². The molecule has 5 heteroatoms. The maximum atomic E-state index is 9.82. The summed E-state index contributed by atoms with van der Waals surface area (Å²) in [5.74, 6) is 0.548. The number of nitrogens with zero attached hydrogens (tertiary/aromatic N) is 1. The van der Waals surface area contributed by atoms with Gasteiger partial charge in [0.1, 0.15) is 5.82 Å². The molecule has 1 aromatic rings. The molecule has 0 aromatic carbocycles. The highest BCUT2D eigenvalue weighted by Gasteiger charge is 1.88. The smallest absolute Gasteiger partial charge is 0.225 e. The van der Waals surface area contributed by atoms with Crippen molar-refractivity contribution in [1.29, 1.82) is 0 Å². The van der Waals surface area contributed by atoms with Crippen LogP contribution in [0.5, 0.6) is 0 Å². The molecule has 0 fully saturated rings. The first-order chi connectivity index (χ1) is 5.33. The maximum absolute atomic E-state index is 9.82. The number of carbonyl (C=O) groups excluding carboxylic acids is 1. The number of hydrazine groups is 1. The van der Waals surface area contributed by atoms with E-state index in [0.717, 1.165) is 0 Å². The summed E-state index contributed by atoms with van der Waals surface area (Å²) in [6.07, 6.45) is 2.02. The predicted molar refractivity (Wildman–Crippen MR) is 41.5 cm³/mol. The molecule has 11 heavy (non-hydrogen) atoms. The molecular formula is C6H8N4O. The van der Waals surface area contributed by atoms with Crippen LogP contribution >= 0.6 is 0 Å². The summed E-state index contributed by atoms with van der Waals surface area (Å²) < 4.78 is 0.